The van der Waals surface area contributed by atoms with E-state index < -0.39 is 0 Å². The van der Waals surface area contributed by atoms with E-state index in [0.717, 1.165) is 32.4 Å². The number of amides is 1. The summed E-state index contributed by atoms with van der Waals surface area (Å²) in [5, 5.41) is 6.48. The average molecular weight is 289 g/mol. The van der Waals surface area contributed by atoms with E-state index in [-0.39, 0.29) is 17.9 Å². The minimum Gasteiger partial charge on any atom is -0.378 e. The van der Waals surface area contributed by atoms with Crippen molar-refractivity contribution < 1.29 is 9.53 Å². The van der Waals surface area contributed by atoms with Crippen LogP contribution in [0, 0.1) is 11.8 Å². The first-order chi connectivity index (χ1) is 10.3. The number of nitrogens with zero attached hydrogens (tertiary/aromatic N) is 1. The summed E-state index contributed by atoms with van der Waals surface area (Å²) in [6, 6.07) is 3.98. The Morgan fingerprint density at radius 2 is 2.24 bits per heavy atom. The lowest BCUT2D eigenvalue weighted by molar-refractivity contribution is -0.137. The van der Waals surface area contributed by atoms with Crippen LogP contribution in [-0.2, 0) is 16.0 Å². The van der Waals surface area contributed by atoms with E-state index in [1.54, 1.807) is 12.4 Å². The van der Waals surface area contributed by atoms with E-state index in [0.29, 0.717) is 19.1 Å². The molecule has 2 saturated heterocycles. The lowest BCUT2D eigenvalue weighted by Gasteiger charge is -2.40. The van der Waals surface area contributed by atoms with Crippen LogP contribution in [0.15, 0.2) is 24.5 Å². The van der Waals surface area contributed by atoms with Crippen LogP contribution >= 0.6 is 0 Å². The number of carbonyl (C=O) groups excluding carboxylic acids is 1. The number of piperidine rings is 1. The summed E-state index contributed by atoms with van der Waals surface area (Å²) in [5.74, 6) is 0.605. The second-order valence-corrected chi connectivity index (χ2v) is 5.86. The van der Waals surface area contributed by atoms with Crippen molar-refractivity contribution >= 4 is 5.91 Å². The molecule has 0 aliphatic carbocycles. The fourth-order valence-electron chi connectivity index (χ4n) is 3.36. The summed E-state index contributed by atoms with van der Waals surface area (Å²) in [7, 11) is 0. The number of carbonyl (C=O) groups is 1. The quantitative estimate of drug-likeness (QED) is 0.859. The van der Waals surface area contributed by atoms with Gasteiger partial charge in [-0.25, -0.2) is 0 Å². The molecule has 0 saturated carbocycles. The van der Waals surface area contributed by atoms with Crippen molar-refractivity contribution in [1.82, 2.24) is 15.6 Å². The van der Waals surface area contributed by atoms with Crippen molar-refractivity contribution in [3.8, 4) is 0 Å². The molecule has 2 N–H and O–H groups in total. The van der Waals surface area contributed by atoms with Crippen molar-refractivity contribution in [2.75, 3.05) is 26.2 Å². The molecule has 0 bridgehead atoms. The molecule has 3 heterocycles. The van der Waals surface area contributed by atoms with Crippen molar-refractivity contribution in [1.29, 1.82) is 0 Å². The number of ether oxygens (including phenoxy) is 1. The molecule has 21 heavy (non-hydrogen) atoms. The van der Waals surface area contributed by atoms with Gasteiger partial charge in [0, 0.05) is 43.9 Å². The zero-order chi connectivity index (χ0) is 14.5. The molecule has 1 aromatic rings. The molecular formula is C16H23N3O2. The van der Waals surface area contributed by atoms with Crippen LogP contribution in [0.5, 0.6) is 0 Å². The zero-order valence-corrected chi connectivity index (χ0v) is 12.3. The zero-order valence-electron chi connectivity index (χ0n) is 12.3. The van der Waals surface area contributed by atoms with E-state index in [9.17, 15) is 4.79 Å². The van der Waals surface area contributed by atoms with Gasteiger partial charge in [-0.1, -0.05) is 0 Å². The Kier molecular flexibility index (Phi) is 4.83. The van der Waals surface area contributed by atoms with Crippen LogP contribution in [0.25, 0.3) is 0 Å². The number of aromatic nitrogens is 1. The molecule has 2 fully saturated rings. The van der Waals surface area contributed by atoms with Gasteiger partial charge in [0.1, 0.15) is 0 Å². The molecule has 3 atom stereocenters. The number of pyridine rings is 1. The summed E-state index contributed by atoms with van der Waals surface area (Å²) < 4.78 is 5.81. The predicted octanol–water partition coefficient (Wildman–Crippen LogP) is 0.755. The highest BCUT2D eigenvalue weighted by Gasteiger charge is 2.39. The van der Waals surface area contributed by atoms with Gasteiger partial charge >= 0.3 is 0 Å². The summed E-state index contributed by atoms with van der Waals surface area (Å²) in [5.41, 5.74) is 1.20. The SMILES string of the molecule is O=C(NCCc1ccncc1)[C@@H]1CCO[C@@H]2CCNC[C@@H]21. The topological polar surface area (TPSA) is 63.2 Å². The van der Waals surface area contributed by atoms with Crippen molar-refractivity contribution in [2.45, 2.75) is 25.4 Å². The molecule has 0 unspecified atom stereocenters. The van der Waals surface area contributed by atoms with Crippen LogP contribution in [0.1, 0.15) is 18.4 Å². The lowest BCUT2D eigenvalue weighted by Crippen LogP contribution is -2.52. The van der Waals surface area contributed by atoms with Crippen LogP contribution < -0.4 is 10.6 Å². The summed E-state index contributed by atoms with van der Waals surface area (Å²) >= 11 is 0. The minimum absolute atomic E-state index is 0.0917. The molecule has 114 valence electrons. The maximum absolute atomic E-state index is 12.4. The molecule has 2 aliphatic rings. The maximum Gasteiger partial charge on any atom is 0.223 e. The molecular weight excluding hydrogens is 266 g/mol. The Morgan fingerprint density at radius 1 is 1.38 bits per heavy atom. The molecule has 2 aliphatic heterocycles. The number of hydrogen-bond donors (Lipinski definition) is 2. The Morgan fingerprint density at radius 3 is 3.10 bits per heavy atom. The maximum atomic E-state index is 12.4. The van der Waals surface area contributed by atoms with Gasteiger partial charge in [-0.15, -0.1) is 0 Å². The third-order valence-corrected chi connectivity index (χ3v) is 4.54. The molecule has 1 aromatic heterocycles. The monoisotopic (exact) mass is 289 g/mol. The largest absolute Gasteiger partial charge is 0.378 e. The third kappa shape index (κ3) is 3.60. The summed E-state index contributed by atoms with van der Waals surface area (Å²) in [4.78, 5) is 16.4. The molecule has 5 heteroatoms. The first kappa shape index (κ1) is 14.5. The van der Waals surface area contributed by atoms with E-state index in [1.807, 2.05) is 12.1 Å². The third-order valence-electron chi connectivity index (χ3n) is 4.54. The predicted molar refractivity (Wildman–Crippen MR) is 79.8 cm³/mol. The number of rotatable bonds is 4. The number of hydrogen-bond acceptors (Lipinski definition) is 4. The molecule has 0 spiro atoms. The van der Waals surface area contributed by atoms with Gasteiger partial charge in [0.15, 0.2) is 0 Å². The Balaban J connectivity index is 1.50. The Bertz CT molecular complexity index is 464. The van der Waals surface area contributed by atoms with Gasteiger partial charge < -0.3 is 15.4 Å². The molecule has 0 radical (unpaired) electrons. The first-order valence-corrected chi connectivity index (χ1v) is 7.83. The molecule has 5 nitrogen and oxygen atoms in total. The standard InChI is InChI=1S/C16H23N3O2/c20-16(19-9-3-12-1-6-17-7-2-12)13-5-10-21-15-4-8-18-11-14(13)15/h1-2,6-7,13-15,18H,3-5,8-11H2,(H,19,20)/t13-,14-,15-/m1/s1. The van der Waals surface area contributed by atoms with Gasteiger partial charge in [0.05, 0.1) is 6.10 Å². The van der Waals surface area contributed by atoms with E-state index in [4.69, 9.17) is 4.74 Å². The van der Waals surface area contributed by atoms with Crippen molar-refractivity contribution in [2.24, 2.45) is 11.8 Å². The number of nitrogens with one attached hydrogen (secondary N) is 2. The highest BCUT2D eigenvalue weighted by Crippen LogP contribution is 2.30. The van der Waals surface area contributed by atoms with Gasteiger partial charge in [0.2, 0.25) is 5.91 Å². The molecule has 1 amide bonds. The minimum atomic E-state index is 0.0917. The van der Waals surface area contributed by atoms with Crippen LogP contribution in [0.4, 0.5) is 0 Å². The van der Waals surface area contributed by atoms with Crippen LogP contribution in [0.2, 0.25) is 0 Å². The second-order valence-electron chi connectivity index (χ2n) is 5.86. The van der Waals surface area contributed by atoms with Crippen LogP contribution in [-0.4, -0.2) is 43.2 Å². The summed E-state index contributed by atoms with van der Waals surface area (Å²) in [6.45, 7) is 3.29. The highest BCUT2D eigenvalue weighted by molar-refractivity contribution is 5.79. The summed E-state index contributed by atoms with van der Waals surface area (Å²) in [6.07, 6.45) is 6.54. The first-order valence-electron chi connectivity index (χ1n) is 7.83. The van der Waals surface area contributed by atoms with Crippen molar-refractivity contribution in [3.05, 3.63) is 30.1 Å². The fraction of sp³-hybridized carbons (Fsp3) is 0.625. The van der Waals surface area contributed by atoms with E-state index >= 15 is 0 Å². The van der Waals surface area contributed by atoms with Gasteiger partial charge in [-0.3, -0.25) is 9.78 Å². The lowest BCUT2D eigenvalue weighted by atomic mass is 9.79. The Hall–Kier alpha value is -1.46. The van der Waals surface area contributed by atoms with E-state index in [1.165, 1.54) is 5.56 Å². The fourth-order valence-corrected chi connectivity index (χ4v) is 3.36. The smallest absolute Gasteiger partial charge is 0.223 e. The van der Waals surface area contributed by atoms with Gasteiger partial charge in [-0.2, -0.15) is 0 Å². The van der Waals surface area contributed by atoms with E-state index in [2.05, 4.69) is 15.6 Å². The van der Waals surface area contributed by atoms with Gasteiger partial charge in [0.25, 0.3) is 0 Å². The second kappa shape index (κ2) is 7.00. The van der Waals surface area contributed by atoms with Gasteiger partial charge in [-0.05, 0) is 43.5 Å². The normalized spacial score (nSPS) is 28.7. The average Bonchev–Trinajstić information content (AvgIpc) is 2.55. The Labute approximate surface area is 125 Å². The van der Waals surface area contributed by atoms with Crippen molar-refractivity contribution in [3.63, 3.8) is 0 Å². The molecule has 3 rings (SSSR count). The molecule has 0 aromatic carbocycles. The number of fused-ring (bicyclic) bond motifs is 1. The van der Waals surface area contributed by atoms with Crippen LogP contribution in [0.3, 0.4) is 0 Å². The highest BCUT2D eigenvalue weighted by atomic mass is 16.5.